The average molecular weight is 216 g/mol. The zero-order chi connectivity index (χ0) is 11.4. The number of anilines is 1. The third-order valence-corrected chi connectivity index (χ3v) is 3.00. The van der Waals surface area contributed by atoms with Crippen molar-refractivity contribution in [2.45, 2.75) is 19.3 Å². The fourth-order valence-corrected chi connectivity index (χ4v) is 2.16. The number of nitriles is 1. The molecule has 0 amide bonds. The van der Waals surface area contributed by atoms with Crippen molar-refractivity contribution in [1.29, 1.82) is 5.26 Å². The van der Waals surface area contributed by atoms with Crippen LogP contribution in [-0.2, 0) is 6.42 Å². The van der Waals surface area contributed by atoms with E-state index in [1.165, 1.54) is 18.5 Å². The molecule has 1 aliphatic heterocycles. The first kappa shape index (κ1) is 10.8. The highest BCUT2D eigenvalue weighted by Gasteiger charge is 2.13. The van der Waals surface area contributed by atoms with Gasteiger partial charge in [-0.3, -0.25) is 0 Å². The first-order chi connectivity index (χ1) is 7.85. The lowest BCUT2D eigenvalue weighted by Crippen LogP contribution is -2.17. The number of benzene rings is 1. The SMILES string of the molecule is COc1ccc(N2CCCC2)cc1CC#N. The Morgan fingerprint density at radius 1 is 1.38 bits per heavy atom. The fourth-order valence-electron chi connectivity index (χ4n) is 2.16. The van der Waals surface area contributed by atoms with E-state index >= 15 is 0 Å². The summed E-state index contributed by atoms with van der Waals surface area (Å²) in [6.45, 7) is 2.25. The van der Waals surface area contributed by atoms with Gasteiger partial charge in [0.2, 0.25) is 0 Å². The van der Waals surface area contributed by atoms with Crippen molar-refractivity contribution >= 4 is 5.69 Å². The third kappa shape index (κ3) is 2.11. The summed E-state index contributed by atoms with van der Waals surface area (Å²) in [6.07, 6.45) is 2.93. The molecule has 0 bridgehead atoms. The molecule has 0 spiro atoms. The number of hydrogen-bond acceptors (Lipinski definition) is 3. The lowest BCUT2D eigenvalue weighted by molar-refractivity contribution is 0.411. The fraction of sp³-hybridized carbons (Fsp3) is 0.462. The summed E-state index contributed by atoms with van der Waals surface area (Å²) in [4.78, 5) is 2.36. The van der Waals surface area contributed by atoms with Gasteiger partial charge in [-0.25, -0.2) is 0 Å². The van der Waals surface area contributed by atoms with Crippen LogP contribution in [0.15, 0.2) is 18.2 Å². The molecule has 0 N–H and O–H groups in total. The molecule has 0 unspecified atom stereocenters. The van der Waals surface area contributed by atoms with Crippen molar-refractivity contribution < 1.29 is 4.74 Å². The molecule has 3 heteroatoms. The van der Waals surface area contributed by atoms with Crippen LogP contribution in [0.1, 0.15) is 18.4 Å². The van der Waals surface area contributed by atoms with Crippen molar-refractivity contribution in [2.75, 3.05) is 25.1 Å². The number of hydrogen-bond donors (Lipinski definition) is 0. The summed E-state index contributed by atoms with van der Waals surface area (Å²) >= 11 is 0. The quantitative estimate of drug-likeness (QED) is 0.778. The van der Waals surface area contributed by atoms with E-state index in [0.717, 1.165) is 24.4 Å². The maximum Gasteiger partial charge on any atom is 0.123 e. The molecule has 1 saturated heterocycles. The molecule has 0 atom stereocenters. The number of ether oxygens (including phenoxy) is 1. The Hall–Kier alpha value is -1.69. The lowest BCUT2D eigenvalue weighted by Gasteiger charge is -2.19. The summed E-state index contributed by atoms with van der Waals surface area (Å²) in [5, 5.41) is 8.78. The first-order valence-corrected chi connectivity index (χ1v) is 5.64. The maximum absolute atomic E-state index is 8.78. The van der Waals surface area contributed by atoms with Crippen molar-refractivity contribution in [3.05, 3.63) is 23.8 Å². The van der Waals surface area contributed by atoms with Crippen LogP contribution in [0.25, 0.3) is 0 Å². The van der Waals surface area contributed by atoms with Gasteiger partial charge in [-0.2, -0.15) is 5.26 Å². The molecule has 0 aromatic heterocycles. The van der Waals surface area contributed by atoms with Gasteiger partial charge in [0.25, 0.3) is 0 Å². The van der Waals surface area contributed by atoms with Gasteiger partial charge in [0.1, 0.15) is 5.75 Å². The molecule has 0 aliphatic carbocycles. The van der Waals surface area contributed by atoms with E-state index in [2.05, 4.69) is 23.1 Å². The van der Waals surface area contributed by atoms with Crippen LogP contribution in [-0.4, -0.2) is 20.2 Å². The topological polar surface area (TPSA) is 36.3 Å². The van der Waals surface area contributed by atoms with Gasteiger partial charge in [0.15, 0.2) is 0 Å². The minimum absolute atomic E-state index is 0.408. The Morgan fingerprint density at radius 3 is 2.75 bits per heavy atom. The summed E-state index contributed by atoms with van der Waals surface area (Å²) in [6, 6.07) is 8.29. The molecule has 1 aromatic rings. The first-order valence-electron chi connectivity index (χ1n) is 5.64. The minimum Gasteiger partial charge on any atom is -0.496 e. The molecule has 84 valence electrons. The van der Waals surface area contributed by atoms with Crippen LogP contribution in [0.4, 0.5) is 5.69 Å². The van der Waals surface area contributed by atoms with Crippen LogP contribution >= 0.6 is 0 Å². The van der Waals surface area contributed by atoms with Crippen LogP contribution in [0.3, 0.4) is 0 Å². The predicted octanol–water partition coefficient (Wildman–Crippen LogP) is 2.36. The minimum atomic E-state index is 0.408. The van der Waals surface area contributed by atoms with E-state index in [-0.39, 0.29) is 0 Å². The number of methoxy groups -OCH3 is 1. The van der Waals surface area contributed by atoms with Crippen molar-refractivity contribution in [3.63, 3.8) is 0 Å². The Bertz CT molecular complexity index is 403. The van der Waals surface area contributed by atoms with Crippen molar-refractivity contribution in [3.8, 4) is 11.8 Å². The molecule has 1 aromatic carbocycles. The van der Waals surface area contributed by atoms with Crippen LogP contribution < -0.4 is 9.64 Å². The number of rotatable bonds is 3. The highest BCUT2D eigenvalue weighted by molar-refractivity contribution is 5.54. The van der Waals surface area contributed by atoms with Gasteiger partial charge in [-0.05, 0) is 31.0 Å². The second-order valence-electron chi connectivity index (χ2n) is 4.03. The van der Waals surface area contributed by atoms with Crippen LogP contribution in [0, 0.1) is 11.3 Å². The standard InChI is InChI=1S/C13H16N2O/c1-16-13-5-4-12(10-11(13)6-7-14)15-8-2-3-9-15/h4-5,10H,2-3,6,8-9H2,1H3. The Kier molecular flexibility index (Phi) is 3.31. The molecular weight excluding hydrogens is 200 g/mol. The Labute approximate surface area is 96.2 Å². The molecule has 16 heavy (non-hydrogen) atoms. The molecule has 0 saturated carbocycles. The second-order valence-corrected chi connectivity index (χ2v) is 4.03. The molecule has 1 aliphatic rings. The van der Waals surface area contributed by atoms with Crippen molar-refractivity contribution in [2.24, 2.45) is 0 Å². The van der Waals surface area contributed by atoms with Gasteiger partial charge in [-0.15, -0.1) is 0 Å². The van der Waals surface area contributed by atoms with Gasteiger partial charge in [0, 0.05) is 24.3 Å². The highest BCUT2D eigenvalue weighted by Crippen LogP contribution is 2.27. The zero-order valence-electron chi connectivity index (χ0n) is 9.57. The number of nitrogens with zero attached hydrogens (tertiary/aromatic N) is 2. The van der Waals surface area contributed by atoms with Gasteiger partial charge in [0.05, 0.1) is 19.6 Å². The molecule has 0 radical (unpaired) electrons. The Morgan fingerprint density at radius 2 is 2.12 bits per heavy atom. The van der Waals surface area contributed by atoms with Gasteiger partial charge in [-0.1, -0.05) is 0 Å². The van der Waals surface area contributed by atoms with E-state index < -0.39 is 0 Å². The van der Waals surface area contributed by atoms with Gasteiger partial charge >= 0.3 is 0 Å². The molecule has 1 fully saturated rings. The average Bonchev–Trinajstić information content (AvgIpc) is 2.83. The molecule has 2 rings (SSSR count). The third-order valence-electron chi connectivity index (χ3n) is 3.00. The maximum atomic E-state index is 8.78. The van der Waals surface area contributed by atoms with E-state index in [1.54, 1.807) is 7.11 Å². The smallest absolute Gasteiger partial charge is 0.123 e. The molecule has 3 nitrogen and oxygen atoms in total. The van der Waals surface area contributed by atoms with E-state index in [1.807, 2.05) is 6.07 Å². The summed E-state index contributed by atoms with van der Waals surface area (Å²) in [7, 11) is 1.64. The zero-order valence-corrected chi connectivity index (χ0v) is 9.57. The molecule has 1 heterocycles. The van der Waals surface area contributed by atoms with Crippen molar-refractivity contribution in [1.82, 2.24) is 0 Å². The van der Waals surface area contributed by atoms with E-state index in [4.69, 9.17) is 10.00 Å². The van der Waals surface area contributed by atoms with Gasteiger partial charge < -0.3 is 9.64 Å². The normalized spacial score (nSPS) is 14.9. The van der Waals surface area contributed by atoms with Crippen LogP contribution in [0.2, 0.25) is 0 Å². The summed E-state index contributed by atoms with van der Waals surface area (Å²) in [5.41, 5.74) is 2.19. The Balaban J connectivity index is 2.27. The van der Waals surface area contributed by atoms with E-state index in [0.29, 0.717) is 6.42 Å². The summed E-state index contributed by atoms with van der Waals surface area (Å²) in [5.74, 6) is 0.810. The van der Waals surface area contributed by atoms with E-state index in [9.17, 15) is 0 Å². The monoisotopic (exact) mass is 216 g/mol. The second kappa shape index (κ2) is 4.89. The molecular formula is C13H16N2O. The lowest BCUT2D eigenvalue weighted by atomic mass is 10.1. The summed E-state index contributed by atoms with van der Waals surface area (Å²) < 4.78 is 5.25. The highest BCUT2D eigenvalue weighted by atomic mass is 16.5. The van der Waals surface area contributed by atoms with Crippen LogP contribution in [0.5, 0.6) is 5.75 Å². The largest absolute Gasteiger partial charge is 0.496 e. The predicted molar refractivity (Wildman–Crippen MR) is 63.8 cm³/mol.